The zero-order chi connectivity index (χ0) is 11.2. The van der Waals surface area contributed by atoms with Gasteiger partial charge in [-0.1, -0.05) is 0 Å². The van der Waals surface area contributed by atoms with Crippen molar-refractivity contribution in [3.05, 3.63) is 12.4 Å². The van der Waals surface area contributed by atoms with Crippen LogP contribution in [-0.4, -0.2) is 29.7 Å². The average Bonchev–Trinajstić information content (AvgIpc) is 2.38. The molecule has 1 aliphatic rings. The first-order valence-corrected chi connectivity index (χ1v) is 5.49. The van der Waals surface area contributed by atoms with Crippen LogP contribution in [0.5, 0.6) is 0 Å². The molecule has 4 N–H and O–H groups in total. The molecular weight excluding hydrogens is 206 g/mol. The smallest absolute Gasteiger partial charge is 0.160 e. The number of aromatic nitrogens is 2. The van der Waals surface area contributed by atoms with Gasteiger partial charge in [-0.3, -0.25) is 4.98 Å². The average molecular weight is 223 g/mol. The van der Waals surface area contributed by atoms with Gasteiger partial charge in [-0.25, -0.2) is 10.8 Å². The van der Waals surface area contributed by atoms with Gasteiger partial charge in [0.15, 0.2) is 5.82 Å². The van der Waals surface area contributed by atoms with Crippen molar-refractivity contribution in [1.82, 2.24) is 9.97 Å². The summed E-state index contributed by atoms with van der Waals surface area (Å²) < 4.78 is 5.31. The summed E-state index contributed by atoms with van der Waals surface area (Å²) in [5.41, 5.74) is 2.47. The number of rotatable bonds is 4. The number of hydrogen-bond donors (Lipinski definition) is 3. The third-order valence-electron chi connectivity index (χ3n) is 2.70. The highest BCUT2D eigenvalue weighted by Crippen LogP contribution is 2.15. The predicted molar refractivity (Wildman–Crippen MR) is 61.9 cm³/mol. The maximum absolute atomic E-state index is 5.31. The molecule has 1 saturated heterocycles. The number of hydrogen-bond acceptors (Lipinski definition) is 6. The van der Waals surface area contributed by atoms with Gasteiger partial charge in [-0.05, 0) is 18.8 Å². The van der Waals surface area contributed by atoms with E-state index in [9.17, 15) is 0 Å². The van der Waals surface area contributed by atoms with Gasteiger partial charge in [0.25, 0.3) is 0 Å². The van der Waals surface area contributed by atoms with Gasteiger partial charge in [0.2, 0.25) is 0 Å². The highest BCUT2D eigenvalue weighted by atomic mass is 16.5. The summed E-state index contributed by atoms with van der Waals surface area (Å²) in [4.78, 5) is 8.26. The van der Waals surface area contributed by atoms with Crippen LogP contribution >= 0.6 is 0 Å². The lowest BCUT2D eigenvalue weighted by Crippen LogP contribution is -2.23. The topological polar surface area (TPSA) is 85.1 Å². The first-order valence-electron chi connectivity index (χ1n) is 5.49. The van der Waals surface area contributed by atoms with Crippen molar-refractivity contribution in [2.75, 3.05) is 30.5 Å². The van der Waals surface area contributed by atoms with E-state index in [0.717, 1.165) is 38.4 Å². The summed E-state index contributed by atoms with van der Waals surface area (Å²) in [7, 11) is 0. The normalized spacial score (nSPS) is 17.1. The number of anilines is 2. The largest absolute Gasteiger partial charge is 0.381 e. The monoisotopic (exact) mass is 223 g/mol. The van der Waals surface area contributed by atoms with E-state index in [1.54, 1.807) is 12.4 Å². The molecule has 88 valence electrons. The maximum atomic E-state index is 5.31. The molecule has 1 aromatic heterocycles. The fraction of sp³-hybridized carbons (Fsp3) is 0.600. The van der Waals surface area contributed by atoms with E-state index >= 15 is 0 Å². The number of hydrazine groups is 1. The predicted octanol–water partition coefficient (Wildman–Crippen LogP) is 0.601. The Kier molecular flexibility index (Phi) is 3.90. The van der Waals surface area contributed by atoms with Crippen molar-refractivity contribution in [3.8, 4) is 0 Å². The van der Waals surface area contributed by atoms with Gasteiger partial charge < -0.3 is 15.5 Å². The van der Waals surface area contributed by atoms with Crippen molar-refractivity contribution in [2.24, 2.45) is 11.8 Å². The quantitative estimate of drug-likeness (QED) is 0.512. The molecule has 2 rings (SSSR count). The summed E-state index contributed by atoms with van der Waals surface area (Å²) in [5, 5.41) is 3.26. The van der Waals surface area contributed by atoms with Gasteiger partial charge in [-0.2, -0.15) is 0 Å². The highest BCUT2D eigenvalue weighted by molar-refractivity contribution is 5.40. The Morgan fingerprint density at radius 3 is 2.81 bits per heavy atom. The lowest BCUT2D eigenvalue weighted by molar-refractivity contribution is 0.0699. The minimum atomic E-state index is 0.567. The summed E-state index contributed by atoms with van der Waals surface area (Å²) in [5.74, 6) is 7.24. The van der Waals surface area contributed by atoms with Crippen LogP contribution in [0.25, 0.3) is 0 Å². The Labute approximate surface area is 94.6 Å². The molecule has 2 heterocycles. The Balaban J connectivity index is 1.83. The summed E-state index contributed by atoms with van der Waals surface area (Å²) >= 11 is 0. The minimum absolute atomic E-state index is 0.567. The van der Waals surface area contributed by atoms with Crippen LogP contribution in [0.15, 0.2) is 12.4 Å². The Hall–Kier alpha value is -1.40. The number of nitrogens with one attached hydrogen (secondary N) is 2. The molecule has 6 nitrogen and oxygen atoms in total. The Morgan fingerprint density at radius 1 is 1.31 bits per heavy atom. The lowest BCUT2D eigenvalue weighted by Gasteiger charge is -2.22. The summed E-state index contributed by atoms with van der Waals surface area (Å²) in [6.45, 7) is 2.64. The SMILES string of the molecule is NNc1cncc(NCC2CCOCC2)n1. The third-order valence-corrected chi connectivity index (χ3v) is 2.70. The van der Waals surface area contributed by atoms with Crippen LogP contribution in [0.4, 0.5) is 11.6 Å². The first-order chi connectivity index (χ1) is 7.88. The van der Waals surface area contributed by atoms with E-state index < -0.39 is 0 Å². The minimum Gasteiger partial charge on any atom is -0.381 e. The van der Waals surface area contributed by atoms with E-state index in [0.29, 0.717) is 11.7 Å². The fourth-order valence-electron chi connectivity index (χ4n) is 1.72. The molecule has 0 radical (unpaired) electrons. The van der Waals surface area contributed by atoms with Crippen molar-refractivity contribution >= 4 is 11.6 Å². The van der Waals surface area contributed by atoms with Crippen LogP contribution in [0.2, 0.25) is 0 Å². The van der Waals surface area contributed by atoms with E-state index in [2.05, 4.69) is 20.7 Å². The van der Waals surface area contributed by atoms with Gasteiger partial charge in [-0.15, -0.1) is 0 Å². The second-order valence-electron chi connectivity index (χ2n) is 3.87. The van der Waals surface area contributed by atoms with Crippen LogP contribution in [-0.2, 0) is 4.74 Å². The van der Waals surface area contributed by atoms with Crippen LogP contribution in [0.1, 0.15) is 12.8 Å². The Morgan fingerprint density at radius 2 is 2.06 bits per heavy atom. The molecular formula is C10H17N5O. The zero-order valence-electron chi connectivity index (χ0n) is 9.15. The molecule has 0 bridgehead atoms. The van der Waals surface area contributed by atoms with E-state index in [4.69, 9.17) is 10.6 Å². The van der Waals surface area contributed by atoms with Gasteiger partial charge in [0.05, 0.1) is 12.4 Å². The van der Waals surface area contributed by atoms with Crippen molar-refractivity contribution in [1.29, 1.82) is 0 Å². The molecule has 1 aromatic rings. The maximum Gasteiger partial charge on any atom is 0.160 e. The molecule has 0 aliphatic carbocycles. The van der Waals surface area contributed by atoms with Crippen molar-refractivity contribution < 1.29 is 4.74 Å². The van der Waals surface area contributed by atoms with Crippen LogP contribution < -0.4 is 16.6 Å². The molecule has 16 heavy (non-hydrogen) atoms. The van der Waals surface area contributed by atoms with E-state index in [1.807, 2.05) is 0 Å². The molecule has 0 atom stereocenters. The number of nitrogens with two attached hydrogens (primary N) is 1. The van der Waals surface area contributed by atoms with Crippen LogP contribution in [0, 0.1) is 5.92 Å². The molecule has 0 unspecified atom stereocenters. The number of nitrogens with zero attached hydrogens (tertiary/aromatic N) is 2. The van der Waals surface area contributed by atoms with Gasteiger partial charge in [0.1, 0.15) is 5.82 Å². The lowest BCUT2D eigenvalue weighted by atomic mass is 10.0. The summed E-state index contributed by atoms with van der Waals surface area (Å²) in [6.07, 6.45) is 5.49. The number of nitrogen functional groups attached to an aromatic ring is 1. The summed E-state index contributed by atoms with van der Waals surface area (Å²) in [6, 6.07) is 0. The van der Waals surface area contributed by atoms with Crippen molar-refractivity contribution in [2.45, 2.75) is 12.8 Å². The zero-order valence-corrected chi connectivity index (χ0v) is 9.15. The molecule has 0 aromatic carbocycles. The Bertz CT molecular complexity index is 327. The molecule has 1 fully saturated rings. The third kappa shape index (κ3) is 3.04. The fourth-order valence-corrected chi connectivity index (χ4v) is 1.72. The molecule has 0 spiro atoms. The van der Waals surface area contributed by atoms with Gasteiger partial charge >= 0.3 is 0 Å². The highest BCUT2D eigenvalue weighted by Gasteiger charge is 2.13. The second-order valence-corrected chi connectivity index (χ2v) is 3.87. The second kappa shape index (κ2) is 5.62. The number of ether oxygens (including phenoxy) is 1. The first kappa shape index (κ1) is 11.1. The molecule has 6 heteroatoms. The molecule has 0 saturated carbocycles. The van der Waals surface area contributed by atoms with Crippen LogP contribution in [0.3, 0.4) is 0 Å². The standard InChI is InChI=1S/C10H17N5O/c11-15-10-7-12-6-9(14-10)13-5-8-1-3-16-4-2-8/h6-8H,1-5,11H2,(H2,13,14,15). The van der Waals surface area contributed by atoms with Crippen molar-refractivity contribution in [3.63, 3.8) is 0 Å². The molecule has 1 aliphatic heterocycles. The van der Waals surface area contributed by atoms with Gasteiger partial charge in [0, 0.05) is 19.8 Å². The molecule has 0 amide bonds. The van der Waals surface area contributed by atoms with E-state index in [-0.39, 0.29) is 0 Å². The van der Waals surface area contributed by atoms with E-state index in [1.165, 1.54) is 0 Å².